The third-order valence-electron chi connectivity index (χ3n) is 1.27. The van der Waals surface area contributed by atoms with E-state index in [1.807, 2.05) is 0 Å². The first-order valence-electron chi connectivity index (χ1n) is 3.46. The lowest BCUT2D eigenvalue weighted by molar-refractivity contribution is -0.134. The number of hydrogen-bond donors (Lipinski definition) is 3. The summed E-state index contributed by atoms with van der Waals surface area (Å²) in [5.41, 5.74) is 5.97. The Morgan fingerprint density at radius 3 is 3.00 bits per heavy atom. The molecular formula is C7H8BrN3O2. The summed E-state index contributed by atoms with van der Waals surface area (Å²) in [6.07, 6.45) is 1.45. The topological polar surface area (TPSA) is 88.2 Å². The van der Waals surface area contributed by atoms with Crippen LogP contribution in [-0.2, 0) is 4.79 Å². The lowest BCUT2D eigenvalue weighted by Gasteiger charge is -2.04. The first-order valence-corrected chi connectivity index (χ1v) is 4.25. The summed E-state index contributed by atoms with van der Waals surface area (Å²) in [4.78, 5) is 14.1. The van der Waals surface area contributed by atoms with E-state index in [0.717, 1.165) is 0 Å². The van der Waals surface area contributed by atoms with Crippen LogP contribution in [0.15, 0.2) is 16.7 Å². The van der Waals surface area contributed by atoms with E-state index in [1.54, 1.807) is 6.07 Å². The molecule has 1 heterocycles. The lowest BCUT2D eigenvalue weighted by Crippen LogP contribution is -2.13. The minimum Gasteiger partial charge on any atom is -0.480 e. The summed E-state index contributed by atoms with van der Waals surface area (Å²) in [5.74, 6) is -0.470. The maximum Gasteiger partial charge on any atom is 0.322 e. The fraction of sp³-hybridized carbons (Fsp3) is 0.143. The van der Waals surface area contributed by atoms with Crippen molar-refractivity contribution in [1.82, 2.24) is 4.98 Å². The number of aromatic nitrogens is 1. The monoisotopic (exact) mass is 245 g/mol. The Bertz CT molecular complexity index is 330. The van der Waals surface area contributed by atoms with Crippen LogP contribution in [0.25, 0.3) is 0 Å². The van der Waals surface area contributed by atoms with Crippen molar-refractivity contribution in [1.29, 1.82) is 0 Å². The standard InChI is InChI=1S/C7H8BrN3O2/c8-5-1-4(9)2-10-7(5)11-3-6(12)13/h1-2H,3,9H2,(H,10,11)(H,12,13). The number of nitrogen functional groups attached to an aromatic ring is 1. The van der Waals surface area contributed by atoms with Crippen molar-refractivity contribution in [3.05, 3.63) is 16.7 Å². The molecule has 0 radical (unpaired) electrons. The summed E-state index contributed by atoms with van der Waals surface area (Å²) < 4.78 is 0.647. The van der Waals surface area contributed by atoms with Gasteiger partial charge in [-0.15, -0.1) is 0 Å². The SMILES string of the molecule is Nc1cnc(NCC(=O)O)c(Br)c1. The number of halogens is 1. The van der Waals surface area contributed by atoms with E-state index in [4.69, 9.17) is 10.8 Å². The van der Waals surface area contributed by atoms with Gasteiger partial charge in [-0.25, -0.2) is 4.98 Å². The van der Waals surface area contributed by atoms with Crippen LogP contribution in [0.5, 0.6) is 0 Å². The smallest absolute Gasteiger partial charge is 0.322 e. The summed E-state index contributed by atoms with van der Waals surface area (Å²) >= 11 is 3.20. The molecule has 0 atom stereocenters. The second-order valence-electron chi connectivity index (χ2n) is 2.35. The molecule has 0 spiro atoms. The van der Waals surface area contributed by atoms with Crippen molar-refractivity contribution < 1.29 is 9.90 Å². The average molecular weight is 246 g/mol. The Hall–Kier alpha value is -1.30. The number of anilines is 2. The quantitative estimate of drug-likeness (QED) is 0.738. The largest absolute Gasteiger partial charge is 0.480 e. The maximum absolute atomic E-state index is 10.2. The number of carboxylic acid groups (broad SMARTS) is 1. The summed E-state index contributed by atoms with van der Waals surface area (Å²) in [6.45, 7) is -0.171. The molecule has 0 fully saturated rings. The van der Waals surface area contributed by atoms with Crippen LogP contribution >= 0.6 is 15.9 Å². The lowest BCUT2D eigenvalue weighted by atomic mass is 10.4. The van der Waals surface area contributed by atoms with E-state index in [9.17, 15) is 4.79 Å². The zero-order valence-corrected chi connectivity index (χ0v) is 8.21. The van der Waals surface area contributed by atoms with Crippen LogP contribution < -0.4 is 11.1 Å². The predicted molar refractivity (Wildman–Crippen MR) is 52.5 cm³/mol. The van der Waals surface area contributed by atoms with Gasteiger partial charge in [0.15, 0.2) is 0 Å². The van der Waals surface area contributed by atoms with Crippen molar-refractivity contribution in [3.8, 4) is 0 Å². The third-order valence-corrected chi connectivity index (χ3v) is 1.87. The van der Waals surface area contributed by atoms with Crippen LogP contribution in [0.3, 0.4) is 0 Å². The highest BCUT2D eigenvalue weighted by Gasteiger charge is 2.02. The minimum atomic E-state index is -0.939. The minimum absolute atomic E-state index is 0.171. The van der Waals surface area contributed by atoms with E-state index in [0.29, 0.717) is 16.0 Å². The van der Waals surface area contributed by atoms with Gasteiger partial charge in [-0.05, 0) is 22.0 Å². The molecule has 0 aliphatic rings. The zero-order valence-electron chi connectivity index (χ0n) is 6.62. The zero-order chi connectivity index (χ0) is 9.84. The number of nitrogens with two attached hydrogens (primary N) is 1. The third kappa shape index (κ3) is 2.90. The molecule has 0 amide bonds. The highest BCUT2D eigenvalue weighted by atomic mass is 79.9. The molecule has 1 aromatic heterocycles. The van der Waals surface area contributed by atoms with E-state index < -0.39 is 5.97 Å². The number of hydrogen-bond acceptors (Lipinski definition) is 4. The molecule has 0 bridgehead atoms. The molecule has 0 saturated carbocycles. The Morgan fingerprint density at radius 2 is 2.46 bits per heavy atom. The number of pyridine rings is 1. The number of carbonyl (C=O) groups is 1. The van der Waals surface area contributed by atoms with Crippen molar-refractivity contribution in [2.75, 3.05) is 17.6 Å². The number of rotatable bonds is 3. The first kappa shape index (κ1) is 9.79. The summed E-state index contributed by atoms with van der Waals surface area (Å²) in [6, 6.07) is 1.65. The molecule has 0 aliphatic carbocycles. The molecule has 0 saturated heterocycles. The van der Waals surface area contributed by atoms with E-state index in [-0.39, 0.29) is 6.54 Å². The molecule has 5 nitrogen and oxygen atoms in total. The molecule has 4 N–H and O–H groups in total. The normalized spacial score (nSPS) is 9.62. The van der Waals surface area contributed by atoms with Gasteiger partial charge in [-0.3, -0.25) is 4.79 Å². The van der Waals surface area contributed by atoms with E-state index in [2.05, 4.69) is 26.2 Å². The molecule has 13 heavy (non-hydrogen) atoms. The van der Waals surface area contributed by atoms with Crippen molar-refractivity contribution in [2.45, 2.75) is 0 Å². The summed E-state index contributed by atoms with van der Waals surface area (Å²) in [7, 11) is 0. The van der Waals surface area contributed by atoms with Gasteiger partial charge in [0, 0.05) is 0 Å². The van der Waals surface area contributed by atoms with Gasteiger partial charge in [-0.1, -0.05) is 0 Å². The second-order valence-corrected chi connectivity index (χ2v) is 3.20. The molecule has 0 aromatic carbocycles. The van der Waals surface area contributed by atoms with Gasteiger partial charge in [0.05, 0.1) is 16.4 Å². The highest BCUT2D eigenvalue weighted by Crippen LogP contribution is 2.21. The van der Waals surface area contributed by atoms with Crippen molar-refractivity contribution >= 4 is 33.4 Å². The van der Waals surface area contributed by atoms with Gasteiger partial charge < -0.3 is 16.2 Å². The highest BCUT2D eigenvalue weighted by molar-refractivity contribution is 9.10. The number of carboxylic acids is 1. The molecule has 0 aliphatic heterocycles. The van der Waals surface area contributed by atoms with Crippen LogP contribution in [0, 0.1) is 0 Å². The number of nitrogens with zero attached hydrogens (tertiary/aromatic N) is 1. The molecule has 6 heteroatoms. The molecule has 1 rings (SSSR count). The van der Waals surface area contributed by atoms with Gasteiger partial charge in [-0.2, -0.15) is 0 Å². The number of nitrogens with one attached hydrogen (secondary N) is 1. The maximum atomic E-state index is 10.2. The van der Waals surface area contributed by atoms with Crippen LogP contribution in [0.2, 0.25) is 0 Å². The fourth-order valence-corrected chi connectivity index (χ4v) is 1.25. The Kier molecular flexibility index (Phi) is 3.07. The van der Waals surface area contributed by atoms with Gasteiger partial charge in [0.1, 0.15) is 12.4 Å². The average Bonchev–Trinajstić information content (AvgIpc) is 2.02. The Balaban J connectivity index is 2.72. The van der Waals surface area contributed by atoms with Gasteiger partial charge >= 0.3 is 5.97 Å². The first-order chi connectivity index (χ1) is 6.09. The van der Waals surface area contributed by atoms with Crippen LogP contribution in [-0.4, -0.2) is 22.6 Å². The second kappa shape index (κ2) is 4.08. The predicted octanol–water partition coefficient (Wildman–Crippen LogP) is 0.923. The number of aliphatic carboxylic acids is 1. The van der Waals surface area contributed by atoms with Crippen molar-refractivity contribution in [3.63, 3.8) is 0 Å². The molecule has 1 aromatic rings. The fourth-order valence-electron chi connectivity index (χ4n) is 0.742. The van der Waals surface area contributed by atoms with Crippen molar-refractivity contribution in [2.24, 2.45) is 0 Å². The van der Waals surface area contributed by atoms with Crippen LogP contribution in [0.4, 0.5) is 11.5 Å². The Labute approximate surface area is 83.1 Å². The van der Waals surface area contributed by atoms with E-state index in [1.165, 1.54) is 6.20 Å². The summed E-state index contributed by atoms with van der Waals surface area (Å²) in [5, 5.41) is 11.0. The van der Waals surface area contributed by atoms with Gasteiger partial charge in [0.2, 0.25) is 0 Å². The molecular weight excluding hydrogens is 238 g/mol. The molecule has 0 unspecified atom stereocenters. The molecule has 70 valence electrons. The van der Waals surface area contributed by atoms with Gasteiger partial charge in [0.25, 0.3) is 0 Å². The Morgan fingerprint density at radius 1 is 1.77 bits per heavy atom. The van der Waals surface area contributed by atoms with E-state index >= 15 is 0 Å². The van der Waals surface area contributed by atoms with Crippen LogP contribution in [0.1, 0.15) is 0 Å².